The number of carbonyl (C=O) groups excluding carboxylic acids is 2. The number of fused-ring (bicyclic) bond motifs is 2. The van der Waals surface area contributed by atoms with Crippen LogP contribution in [0.15, 0.2) is 71.9 Å². The highest BCUT2D eigenvalue weighted by Crippen LogP contribution is 2.35. The Kier molecular flexibility index (Phi) is 8.93. The Morgan fingerprint density at radius 3 is 2.38 bits per heavy atom. The summed E-state index contributed by atoms with van der Waals surface area (Å²) >= 11 is 0. The Morgan fingerprint density at radius 1 is 0.958 bits per heavy atom. The summed E-state index contributed by atoms with van der Waals surface area (Å²) in [5.41, 5.74) is 9.44. The zero-order valence-electron chi connectivity index (χ0n) is 28.2. The minimum Gasteiger partial charge on any atom is -0.359 e. The molecule has 0 radical (unpaired) electrons. The van der Waals surface area contributed by atoms with Crippen molar-refractivity contribution in [3.8, 4) is 22.4 Å². The molecule has 3 aromatic carbocycles. The number of rotatable bonds is 8. The molecule has 6 rings (SSSR count). The van der Waals surface area contributed by atoms with Gasteiger partial charge in [0.1, 0.15) is 5.52 Å². The summed E-state index contributed by atoms with van der Waals surface area (Å²) in [4.78, 5) is 38.4. The van der Waals surface area contributed by atoms with Crippen molar-refractivity contribution in [3.05, 3.63) is 100 Å². The fraction of sp³-hybridized carbons (Fsp3) is 0.297. The average molecular weight is 665 g/mol. The molecular formula is C37H40N6O4S. The molecule has 0 bridgehead atoms. The molecule has 0 atom stereocenters. The van der Waals surface area contributed by atoms with E-state index >= 15 is 0 Å². The molecule has 0 aliphatic carbocycles. The van der Waals surface area contributed by atoms with Crippen molar-refractivity contribution in [2.75, 3.05) is 34.2 Å². The number of benzene rings is 3. The Morgan fingerprint density at radius 2 is 1.69 bits per heavy atom. The van der Waals surface area contributed by atoms with Gasteiger partial charge in [-0.1, -0.05) is 29.8 Å². The third-order valence-corrected chi connectivity index (χ3v) is 10.7. The first-order valence-corrected chi connectivity index (χ1v) is 17.4. The van der Waals surface area contributed by atoms with E-state index in [1.54, 1.807) is 63.9 Å². The van der Waals surface area contributed by atoms with Crippen molar-refractivity contribution >= 4 is 33.0 Å². The lowest BCUT2D eigenvalue weighted by Gasteiger charge is -2.30. The predicted octanol–water partition coefficient (Wildman–Crippen LogP) is 5.12. The van der Waals surface area contributed by atoms with Gasteiger partial charge in [0.15, 0.2) is 5.65 Å². The third kappa shape index (κ3) is 6.23. The van der Waals surface area contributed by atoms with E-state index in [9.17, 15) is 18.0 Å². The van der Waals surface area contributed by atoms with Crippen LogP contribution in [0, 0.1) is 20.8 Å². The fourth-order valence-electron chi connectivity index (χ4n) is 6.34. The first-order chi connectivity index (χ1) is 22.9. The van der Waals surface area contributed by atoms with Crippen molar-refractivity contribution in [3.63, 3.8) is 0 Å². The topological polar surface area (TPSA) is 117 Å². The van der Waals surface area contributed by atoms with Gasteiger partial charge in [0.2, 0.25) is 5.91 Å². The van der Waals surface area contributed by atoms with E-state index < -0.39 is 10.0 Å². The van der Waals surface area contributed by atoms with Crippen molar-refractivity contribution in [2.24, 2.45) is 0 Å². The number of amides is 2. The standard InChI is InChI=1S/C37H40N6O4S/c1-23-7-10-29(11-8-23)48(46,47)43-22-32(26-9-12-31(25(3)17-26)37(45)41(5)6)35-36(43)39-20-33(40-35)27-18-24(2)30-13-15-42(21-28(30)19-27)16-14-34(44)38-4/h7-12,17-20,22H,13-16,21H2,1-6H3,(H,38,44). The van der Waals surface area contributed by atoms with Gasteiger partial charge >= 0.3 is 0 Å². The number of nitrogens with one attached hydrogen (secondary N) is 1. The maximum absolute atomic E-state index is 14.0. The lowest BCUT2D eigenvalue weighted by Crippen LogP contribution is -2.34. The number of nitrogens with zero attached hydrogens (tertiary/aromatic N) is 5. The summed E-state index contributed by atoms with van der Waals surface area (Å²) in [7, 11) is 1.06. The maximum Gasteiger partial charge on any atom is 0.269 e. The zero-order chi connectivity index (χ0) is 34.3. The number of hydrogen-bond acceptors (Lipinski definition) is 7. The summed E-state index contributed by atoms with van der Waals surface area (Å²) in [5, 5.41) is 2.69. The van der Waals surface area contributed by atoms with Gasteiger partial charge < -0.3 is 10.2 Å². The highest BCUT2D eigenvalue weighted by atomic mass is 32.2. The van der Waals surface area contributed by atoms with Gasteiger partial charge in [-0.05, 0) is 85.3 Å². The van der Waals surface area contributed by atoms with Gasteiger partial charge in [0, 0.05) is 70.1 Å². The molecule has 1 N–H and O–H groups in total. The highest BCUT2D eigenvalue weighted by Gasteiger charge is 2.26. The Hall–Kier alpha value is -4.87. The van der Waals surface area contributed by atoms with E-state index in [-0.39, 0.29) is 22.4 Å². The molecule has 10 nitrogen and oxygen atoms in total. The van der Waals surface area contributed by atoms with E-state index in [1.807, 2.05) is 26.0 Å². The Bertz CT molecular complexity index is 2170. The minimum atomic E-state index is -4.01. The van der Waals surface area contributed by atoms with Gasteiger partial charge in [0.05, 0.1) is 16.8 Å². The van der Waals surface area contributed by atoms with Crippen LogP contribution in [0.5, 0.6) is 0 Å². The second-order valence-corrected chi connectivity index (χ2v) is 14.5. The van der Waals surface area contributed by atoms with Crippen LogP contribution >= 0.6 is 0 Å². The lowest BCUT2D eigenvalue weighted by molar-refractivity contribution is -0.121. The van der Waals surface area contributed by atoms with E-state index in [1.165, 1.54) is 20.0 Å². The van der Waals surface area contributed by atoms with Crippen LogP contribution in [0.25, 0.3) is 33.5 Å². The second-order valence-electron chi connectivity index (χ2n) is 12.7. The first-order valence-electron chi connectivity index (χ1n) is 16.0. The monoisotopic (exact) mass is 664 g/mol. The Balaban J connectivity index is 1.48. The fourth-order valence-corrected chi connectivity index (χ4v) is 7.65. The molecule has 2 amide bonds. The van der Waals surface area contributed by atoms with Gasteiger partial charge in [-0.2, -0.15) is 0 Å². The summed E-state index contributed by atoms with van der Waals surface area (Å²) in [6.45, 7) is 8.17. The molecule has 2 aromatic heterocycles. The van der Waals surface area contributed by atoms with Crippen molar-refractivity contribution in [2.45, 2.75) is 45.1 Å². The quantitative estimate of drug-likeness (QED) is 0.245. The first kappa shape index (κ1) is 33.0. The van der Waals surface area contributed by atoms with Crippen molar-refractivity contribution in [1.82, 2.24) is 29.1 Å². The molecule has 0 unspecified atom stereocenters. The van der Waals surface area contributed by atoms with E-state index in [0.717, 1.165) is 47.3 Å². The van der Waals surface area contributed by atoms with E-state index in [2.05, 4.69) is 29.3 Å². The summed E-state index contributed by atoms with van der Waals surface area (Å²) in [6.07, 6.45) is 4.55. The normalized spacial score (nSPS) is 13.4. The molecule has 3 heterocycles. The summed E-state index contributed by atoms with van der Waals surface area (Å²) in [6, 6.07) is 16.5. The van der Waals surface area contributed by atoms with Crippen LogP contribution in [0.4, 0.5) is 0 Å². The minimum absolute atomic E-state index is 0.0237. The number of aryl methyl sites for hydroxylation is 3. The van der Waals surface area contributed by atoms with E-state index in [4.69, 9.17) is 9.97 Å². The highest BCUT2D eigenvalue weighted by molar-refractivity contribution is 7.90. The number of carbonyl (C=O) groups is 2. The molecule has 0 saturated heterocycles. The van der Waals surface area contributed by atoms with Gasteiger partial charge in [-0.15, -0.1) is 0 Å². The molecular weight excluding hydrogens is 625 g/mol. The smallest absolute Gasteiger partial charge is 0.269 e. The van der Waals surface area contributed by atoms with Crippen LogP contribution in [0.3, 0.4) is 0 Å². The average Bonchev–Trinajstić information content (AvgIpc) is 3.46. The predicted molar refractivity (Wildman–Crippen MR) is 187 cm³/mol. The van der Waals surface area contributed by atoms with Crippen molar-refractivity contribution in [1.29, 1.82) is 0 Å². The van der Waals surface area contributed by atoms with Crippen LogP contribution in [-0.2, 0) is 27.8 Å². The lowest BCUT2D eigenvalue weighted by atomic mass is 9.92. The zero-order valence-corrected chi connectivity index (χ0v) is 29.0. The van der Waals surface area contributed by atoms with E-state index in [0.29, 0.717) is 35.3 Å². The molecule has 1 aliphatic rings. The summed E-state index contributed by atoms with van der Waals surface area (Å²) in [5.74, 6) is -0.0870. The second kappa shape index (κ2) is 13.0. The van der Waals surface area contributed by atoms with Crippen molar-refractivity contribution < 1.29 is 18.0 Å². The molecule has 11 heteroatoms. The number of aromatic nitrogens is 3. The van der Waals surface area contributed by atoms with Crippen LogP contribution in [0.1, 0.15) is 44.6 Å². The molecule has 248 valence electrons. The third-order valence-electron chi connectivity index (χ3n) is 9.08. The molecule has 0 spiro atoms. The molecule has 5 aromatic rings. The SMILES string of the molecule is CNC(=O)CCN1CCc2c(C)cc(-c3cnc4c(n3)c(-c3ccc(C(=O)N(C)C)c(C)c3)cn4S(=O)(=O)c3ccc(C)cc3)cc2C1. The summed E-state index contributed by atoms with van der Waals surface area (Å²) < 4.78 is 29.2. The van der Waals surface area contributed by atoms with Crippen LogP contribution < -0.4 is 5.32 Å². The van der Waals surface area contributed by atoms with Gasteiger partial charge in [-0.3, -0.25) is 14.5 Å². The number of hydrogen-bond donors (Lipinski definition) is 1. The maximum atomic E-state index is 14.0. The molecule has 0 fully saturated rings. The molecule has 0 saturated carbocycles. The van der Waals surface area contributed by atoms with Crippen LogP contribution in [-0.4, -0.2) is 78.2 Å². The van der Waals surface area contributed by atoms with Gasteiger partial charge in [-0.25, -0.2) is 22.4 Å². The van der Waals surface area contributed by atoms with Crippen LogP contribution in [0.2, 0.25) is 0 Å². The Labute approximate surface area is 281 Å². The molecule has 1 aliphatic heterocycles. The van der Waals surface area contributed by atoms with Gasteiger partial charge in [0.25, 0.3) is 15.9 Å². The largest absolute Gasteiger partial charge is 0.359 e. The molecule has 48 heavy (non-hydrogen) atoms.